The lowest BCUT2D eigenvalue weighted by Crippen LogP contribution is -2.42. The molecule has 1 aromatic heterocycles. The van der Waals surface area contributed by atoms with Crippen LogP contribution in [0.15, 0.2) is 42.2 Å². The molecule has 0 radical (unpaired) electrons. The van der Waals surface area contributed by atoms with Gasteiger partial charge in [0.2, 0.25) is 5.95 Å². The first kappa shape index (κ1) is 25.4. The number of fused-ring (bicyclic) bond motifs is 1. The highest BCUT2D eigenvalue weighted by atomic mass is 35.5. The maximum absolute atomic E-state index is 13.0. The summed E-state index contributed by atoms with van der Waals surface area (Å²) in [5.74, 6) is 5.86. The number of anilines is 1. The van der Waals surface area contributed by atoms with E-state index >= 15 is 0 Å². The third-order valence-electron chi connectivity index (χ3n) is 5.44. The van der Waals surface area contributed by atoms with Crippen LogP contribution >= 0.6 is 11.6 Å². The number of rotatable bonds is 4. The fraction of sp³-hybridized carbons (Fsp3) is 0.435. The number of hydrogen-bond acceptors (Lipinski definition) is 7. The van der Waals surface area contributed by atoms with Crippen LogP contribution in [0, 0.1) is 0 Å². The molecular formula is C23H32ClN7O3. The van der Waals surface area contributed by atoms with Gasteiger partial charge in [0.15, 0.2) is 0 Å². The van der Waals surface area contributed by atoms with Gasteiger partial charge in [-0.3, -0.25) is 4.79 Å². The quantitative estimate of drug-likeness (QED) is 0.196. The van der Waals surface area contributed by atoms with Crippen LogP contribution in [0.3, 0.4) is 0 Å². The summed E-state index contributed by atoms with van der Waals surface area (Å²) in [6.45, 7) is 6.41. The first-order chi connectivity index (χ1) is 16.1. The van der Waals surface area contributed by atoms with Crippen molar-refractivity contribution in [3.8, 4) is 0 Å². The summed E-state index contributed by atoms with van der Waals surface area (Å²) < 4.78 is 7.44. The van der Waals surface area contributed by atoms with Crippen LogP contribution in [-0.4, -0.2) is 45.1 Å². The molecule has 0 bridgehead atoms. The minimum Gasteiger partial charge on any atom is -0.444 e. The van der Waals surface area contributed by atoms with E-state index in [-0.39, 0.29) is 17.6 Å². The van der Waals surface area contributed by atoms with Crippen molar-refractivity contribution >= 4 is 40.6 Å². The van der Waals surface area contributed by atoms with Crippen molar-refractivity contribution in [2.75, 3.05) is 18.1 Å². The van der Waals surface area contributed by atoms with Gasteiger partial charge in [-0.1, -0.05) is 17.7 Å². The van der Waals surface area contributed by atoms with Gasteiger partial charge in [0, 0.05) is 19.3 Å². The Labute approximate surface area is 203 Å². The highest BCUT2D eigenvalue weighted by Gasteiger charge is 2.32. The standard InChI is InChI=1S/C23H32ClN7O3/c1-23(2,3)34-22(33)29-12-5-4-7-16(14-29)30-19-17(24)8-6-9-18(19)28-21(30)31(27)20(32)15(13-26)10-11-25/h6,8-11,13,16H,4-5,7,12,14,25-27H2,1-3H3/b11-10-,15-13+/t16-/m1/s1. The predicted octanol–water partition coefficient (Wildman–Crippen LogP) is 3.17. The summed E-state index contributed by atoms with van der Waals surface area (Å²) in [5, 5.41) is 1.39. The number of para-hydroxylation sites is 1. The van der Waals surface area contributed by atoms with Crippen molar-refractivity contribution in [2.24, 2.45) is 17.3 Å². The van der Waals surface area contributed by atoms with Crippen LogP contribution < -0.4 is 22.3 Å². The number of carbonyl (C=O) groups excluding carboxylic acids is 2. The fourth-order valence-electron chi connectivity index (χ4n) is 3.96. The molecule has 2 heterocycles. The zero-order chi connectivity index (χ0) is 25.0. The van der Waals surface area contributed by atoms with Gasteiger partial charge in [0.1, 0.15) is 5.60 Å². The van der Waals surface area contributed by atoms with E-state index in [0.717, 1.165) is 30.5 Å². The van der Waals surface area contributed by atoms with E-state index < -0.39 is 17.6 Å². The van der Waals surface area contributed by atoms with E-state index in [1.54, 1.807) is 23.1 Å². The molecule has 0 spiro atoms. The SMILES string of the molecule is CC(C)(C)OC(=O)N1CCCC[C@@H](n2c(N(N)C(=O)C(/C=C\N)=C/N)nc3cccc(Cl)c32)C1. The Kier molecular flexibility index (Phi) is 7.73. The van der Waals surface area contributed by atoms with Crippen molar-refractivity contribution in [3.63, 3.8) is 0 Å². The molecule has 1 aliphatic rings. The number of carbonyl (C=O) groups is 2. The molecule has 0 aliphatic carbocycles. The number of nitrogens with two attached hydrogens (primary N) is 3. The van der Waals surface area contributed by atoms with Crippen LogP contribution in [0.1, 0.15) is 46.1 Å². The zero-order valence-electron chi connectivity index (χ0n) is 19.7. The van der Waals surface area contributed by atoms with Crippen LogP contribution in [0.25, 0.3) is 11.0 Å². The summed E-state index contributed by atoms with van der Waals surface area (Å²) in [7, 11) is 0. The van der Waals surface area contributed by atoms with Crippen molar-refractivity contribution in [1.29, 1.82) is 0 Å². The van der Waals surface area contributed by atoms with Gasteiger partial charge in [0.05, 0.1) is 27.7 Å². The normalized spacial score (nSPS) is 17.7. The molecule has 1 atom stereocenters. The number of aromatic nitrogens is 2. The Balaban J connectivity index is 2.08. The average molecular weight is 490 g/mol. The largest absolute Gasteiger partial charge is 0.444 e. The second-order valence-corrected chi connectivity index (χ2v) is 9.53. The number of likely N-dealkylation sites (tertiary alicyclic amines) is 1. The topological polar surface area (TPSA) is 146 Å². The lowest BCUT2D eigenvalue weighted by atomic mass is 10.1. The Hall–Kier alpha value is -3.24. The third-order valence-corrected chi connectivity index (χ3v) is 5.75. The number of imidazole rings is 1. The van der Waals surface area contributed by atoms with Crippen LogP contribution in [0.2, 0.25) is 5.02 Å². The molecule has 34 heavy (non-hydrogen) atoms. The molecule has 184 valence electrons. The molecule has 2 amide bonds. The maximum Gasteiger partial charge on any atom is 0.410 e. The summed E-state index contributed by atoms with van der Waals surface area (Å²) in [5.41, 5.74) is 11.7. The number of hydrazine groups is 1. The Morgan fingerprint density at radius 1 is 1.26 bits per heavy atom. The van der Waals surface area contributed by atoms with Gasteiger partial charge in [-0.05, 0) is 64.4 Å². The van der Waals surface area contributed by atoms with Crippen molar-refractivity contribution in [1.82, 2.24) is 14.5 Å². The number of hydrogen-bond donors (Lipinski definition) is 3. The molecule has 6 N–H and O–H groups in total. The number of amides is 2. The second-order valence-electron chi connectivity index (χ2n) is 9.12. The molecule has 0 saturated carbocycles. The molecule has 0 unspecified atom stereocenters. The predicted molar refractivity (Wildman–Crippen MR) is 133 cm³/mol. The molecule has 1 aliphatic heterocycles. The second kappa shape index (κ2) is 10.4. The maximum atomic E-state index is 13.0. The molecule has 2 aromatic rings. The van der Waals surface area contributed by atoms with E-state index in [2.05, 4.69) is 4.98 Å². The Bertz CT molecular complexity index is 1120. The highest BCUT2D eigenvalue weighted by molar-refractivity contribution is 6.35. The molecule has 11 heteroatoms. The smallest absolute Gasteiger partial charge is 0.410 e. The summed E-state index contributed by atoms with van der Waals surface area (Å²) in [6.07, 6.45) is 5.70. The molecule has 1 aromatic carbocycles. The van der Waals surface area contributed by atoms with Gasteiger partial charge in [-0.25, -0.2) is 20.6 Å². The Morgan fingerprint density at radius 2 is 2.00 bits per heavy atom. The molecule has 1 saturated heterocycles. The lowest BCUT2D eigenvalue weighted by molar-refractivity contribution is -0.115. The summed E-state index contributed by atoms with van der Waals surface area (Å²) in [6, 6.07) is 5.07. The van der Waals surface area contributed by atoms with Crippen LogP contribution in [0.4, 0.5) is 10.7 Å². The van der Waals surface area contributed by atoms with Crippen molar-refractivity contribution in [2.45, 2.75) is 51.7 Å². The third kappa shape index (κ3) is 5.45. The molecule has 3 rings (SSSR count). The molecule has 10 nitrogen and oxygen atoms in total. The van der Waals surface area contributed by atoms with Crippen molar-refractivity contribution < 1.29 is 14.3 Å². The van der Waals surface area contributed by atoms with Crippen molar-refractivity contribution in [3.05, 3.63) is 47.3 Å². The Morgan fingerprint density at radius 3 is 2.65 bits per heavy atom. The minimum atomic E-state index is -0.614. The first-order valence-electron chi connectivity index (χ1n) is 11.1. The van der Waals surface area contributed by atoms with E-state index in [1.807, 2.05) is 25.3 Å². The van der Waals surface area contributed by atoms with Gasteiger partial charge in [0.25, 0.3) is 5.91 Å². The van der Waals surface area contributed by atoms with Gasteiger partial charge >= 0.3 is 6.09 Å². The van der Waals surface area contributed by atoms with Gasteiger partial charge in [-0.15, -0.1) is 0 Å². The number of ether oxygens (including phenoxy) is 1. The monoisotopic (exact) mass is 489 g/mol. The molecule has 1 fully saturated rings. The summed E-state index contributed by atoms with van der Waals surface area (Å²) >= 11 is 6.58. The van der Waals surface area contributed by atoms with E-state index in [1.165, 1.54) is 12.3 Å². The van der Waals surface area contributed by atoms with E-state index in [4.69, 9.17) is 33.6 Å². The number of halogens is 1. The molecular weight excluding hydrogens is 458 g/mol. The average Bonchev–Trinajstić information content (AvgIpc) is 2.99. The first-order valence-corrected chi connectivity index (χ1v) is 11.5. The van der Waals surface area contributed by atoms with Crippen LogP contribution in [0.5, 0.6) is 0 Å². The van der Waals surface area contributed by atoms with E-state index in [9.17, 15) is 9.59 Å². The zero-order valence-corrected chi connectivity index (χ0v) is 20.5. The fourth-order valence-corrected chi connectivity index (χ4v) is 4.23. The number of benzene rings is 1. The minimum absolute atomic E-state index is 0.103. The van der Waals surface area contributed by atoms with E-state index in [0.29, 0.717) is 29.1 Å². The lowest BCUT2D eigenvalue weighted by Gasteiger charge is -2.30. The van der Waals surface area contributed by atoms with Gasteiger partial charge < -0.3 is 25.7 Å². The highest BCUT2D eigenvalue weighted by Crippen LogP contribution is 2.35. The number of nitrogens with zero attached hydrogens (tertiary/aromatic N) is 4. The van der Waals surface area contributed by atoms with Gasteiger partial charge in [-0.2, -0.15) is 0 Å². The summed E-state index contributed by atoms with van der Waals surface area (Å²) in [4.78, 5) is 32.2. The van der Waals surface area contributed by atoms with Crippen LogP contribution in [-0.2, 0) is 9.53 Å².